The largest absolute Gasteiger partial charge is 0.480 e. The Hall–Kier alpha value is -3.39. The lowest BCUT2D eigenvalue weighted by atomic mass is 10.1. The summed E-state index contributed by atoms with van der Waals surface area (Å²) in [6.07, 6.45) is 8.24. The van der Waals surface area contributed by atoms with Gasteiger partial charge in [-0.05, 0) is 25.4 Å². The number of carbonyl (C=O) groups is 4. The Morgan fingerprint density at radius 2 is 1.56 bits per heavy atom. The van der Waals surface area contributed by atoms with Crippen LogP contribution in [-0.4, -0.2) is 84.9 Å². The Morgan fingerprint density at radius 3 is 2.09 bits per heavy atom. The fourth-order valence-electron chi connectivity index (χ4n) is 3.00. The van der Waals surface area contributed by atoms with Crippen molar-refractivity contribution in [1.29, 1.82) is 0 Å². The second-order valence-corrected chi connectivity index (χ2v) is 8.63. The van der Waals surface area contributed by atoms with Gasteiger partial charge in [0.15, 0.2) is 0 Å². The number of nitrogens with two attached hydrogens (primary N) is 1. The molecule has 0 saturated carbocycles. The third-order valence-electron chi connectivity index (χ3n) is 4.92. The molecule has 0 spiro atoms. The molecular formula is C20H30N8O5S. The maximum Gasteiger partial charge on any atom is 0.326 e. The van der Waals surface area contributed by atoms with Gasteiger partial charge in [0.25, 0.3) is 0 Å². The molecule has 4 atom stereocenters. The number of amides is 3. The van der Waals surface area contributed by atoms with E-state index in [1.807, 2.05) is 6.26 Å². The topological polar surface area (TPSA) is 208 Å². The molecule has 0 fully saturated rings. The molecule has 8 N–H and O–H groups in total. The van der Waals surface area contributed by atoms with Gasteiger partial charge >= 0.3 is 5.97 Å². The molecule has 14 heteroatoms. The summed E-state index contributed by atoms with van der Waals surface area (Å²) in [7, 11) is 0. The maximum atomic E-state index is 12.8. The normalized spacial score (nSPS) is 14.4. The van der Waals surface area contributed by atoms with Crippen LogP contribution in [0.4, 0.5) is 0 Å². The number of nitrogens with one attached hydrogen (secondary N) is 5. The van der Waals surface area contributed by atoms with Crippen molar-refractivity contribution < 1.29 is 24.3 Å². The lowest BCUT2D eigenvalue weighted by Crippen LogP contribution is -2.56. The Bertz CT molecular complexity index is 937. The summed E-state index contributed by atoms with van der Waals surface area (Å²) in [5.41, 5.74) is 7.11. The van der Waals surface area contributed by atoms with Gasteiger partial charge in [-0.15, -0.1) is 0 Å². The third-order valence-corrected chi connectivity index (χ3v) is 5.56. The van der Waals surface area contributed by atoms with Crippen LogP contribution in [0.5, 0.6) is 0 Å². The zero-order valence-electron chi connectivity index (χ0n) is 18.9. The van der Waals surface area contributed by atoms with E-state index in [0.29, 0.717) is 17.1 Å². The van der Waals surface area contributed by atoms with Crippen molar-refractivity contribution in [2.45, 2.75) is 50.4 Å². The number of H-pyrrole nitrogens is 2. The van der Waals surface area contributed by atoms with E-state index in [9.17, 15) is 24.3 Å². The Morgan fingerprint density at radius 1 is 0.971 bits per heavy atom. The molecule has 186 valence electrons. The fraction of sp³-hybridized carbons (Fsp3) is 0.500. The van der Waals surface area contributed by atoms with Crippen LogP contribution in [0.2, 0.25) is 0 Å². The first-order chi connectivity index (χ1) is 16.2. The Labute approximate surface area is 200 Å². The highest BCUT2D eigenvalue weighted by atomic mass is 32.2. The zero-order chi connectivity index (χ0) is 25.1. The van der Waals surface area contributed by atoms with Crippen LogP contribution in [0.25, 0.3) is 0 Å². The predicted octanol–water partition coefficient (Wildman–Crippen LogP) is -1.44. The molecule has 2 aromatic heterocycles. The van der Waals surface area contributed by atoms with Crippen LogP contribution >= 0.6 is 11.8 Å². The van der Waals surface area contributed by atoms with Gasteiger partial charge in [0.1, 0.15) is 18.1 Å². The zero-order valence-corrected chi connectivity index (χ0v) is 19.7. The standard InChI is InChI=1S/C20H30N8O5S/c1-11(26-18(30)14(21)5-12-7-22-9-24-12)17(29)27-15(3-4-34-2)19(31)28-16(20(32)33)6-13-8-23-10-25-13/h7-11,14-16H,3-6,21H2,1-2H3,(H,22,24)(H,23,25)(H,26,30)(H,27,29)(H,28,31)(H,32,33). The summed E-state index contributed by atoms with van der Waals surface area (Å²) in [6, 6.07) is -4.06. The number of thioether (sulfide) groups is 1. The van der Waals surface area contributed by atoms with Gasteiger partial charge in [0.2, 0.25) is 17.7 Å². The number of rotatable bonds is 14. The molecule has 0 aliphatic carbocycles. The van der Waals surface area contributed by atoms with E-state index in [2.05, 4.69) is 35.9 Å². The number of carboxylic acids is 1. The quantitative estimate of drug-likeness (QED) is 0.164. The first-order valence-electron chi connectivity index (χ1n) is 10.5. The van der Waals surface area contributed by atoms with E-state index < -0.39 is 47.9 Å². The van der Waals surface area contributed by atoms with Gasteiger partial charge < -0.3 is 36.8 Å². The minimum Gasteiger partial charge on any atom is -0.480 e. The van der Waals surface area contributed by atoms with E-state index in [-0.39, 0.29) is 19.3 Å². The highest BCUT2D eigenvalue weighted by Crippen LogP contribution is 2.05. The number of hydrogen-bond donors (Lipinski definition) is 7. The predicted molar refractivity (Wildman–Crippen MR) is 125 cm³/mol. The van der Waals surface area contributed by atoms with Crippen molar-refractivity contribution in [3.05, 3.63) is 36.4 Å². The number of nitrogens with zero attached hydrogens (tertiary/aromatic N) is 2. The van der Waals surface area contributed by atoms with Crippen molar-refractivity contribution >= 4 is 35.5 Å². The number of aliphatic carboxylic acids is 1. The molecule has 13 nitrogen and oxygen atoms in total. The molecule has 0 bridgehead atoms. The van der Waals surface area contributed by atoms with Gasteiger partial charge in [0.05, 0.1) is 18.7 Å². The average Bonchev–Trinajstić information content (AvgIpc) is 3.50. The average molecular weight is 495 g/mol. The first-order valence-corrected chi connectivity index (χ1v) is 11.9. The second-order valence-electron chi connectivity index (χ2n) is 7.64. The number of carboxylic acid groups (broad SMARTS) is 1. The summed E-state index contributed by atoms with van der Waals surface area (Å²) in [6.45, 7) is 1.47. The summed E-state index contributed by atoms with van der Waals surface area (Å²) in [5, 5.41) is 17.1. The van der Waals surface area contributed by atoms with Crippen molar-refractivity contribution in [1.82, 2.24) is 35.9 Å². The van der Waals surface area contributed by atoms with Crippen LogP contribution in [0.3, 0.4) is 0 Å². The van der Waals surface area contributed by atoms with E-state index in [0.717, 1.165) is 0 Å². The molecular weight excluding hydrogens is 464 g/mol. The van der Waals surface area contributed by atoms with Crippen LogP contribution in [0, 0.1) is 0 Å². The van der Waals surface area contributed by atoms with E-state index in [4.69, 9.17) is 5.73 Å². The molecule has 2 aromatic rings. The number of hydrogen-bond acceptors (Lipinski definition) is 8. The highest BCUT2D eigenvalue weighted by molar-refractivity contribution is 7.98. The van der Waals surface area contributed by atoms with Crippen LogP contribution in [0.1, 0.15) is 24.7 Å². The van der Waals surface area contributed by atoms with Crippen LogP contribution < -0.4 is 21.7 Å². The van der Waals surface area contributed by atoms with Gasteiger partial charge in [0, 0.05) is 36.6 Å². The fourth-order valence-corrected chi connectivity index (χ4v) is 3.47. The summed E-state index contributed by atoms with van der Waals surface area (Å²) in [5.74, 6) is -2.43. The van der Waals surface area contributed by atoms with Gasteiger partial charge in [-0.2, -0.15) is 11.8 Å². The lowest BCUT2D eigenvalue weighted by molar-refractivity contribution is -0.142. The first kappa shape index (κ1) is 26.9. The smallest absolute Gasteiger partial charge is 0.326 e. The third kappa shape index (κ3) is 8.51. The number of imidazole rings is 2. The van der Waals surface area contributed by atoms with Crippen molar-refractivity contribution in [2.75, 3.05) is 12.0 Å². The summed E-state index contributed by atoms with van der Waals surface area (Å²) < 4.78 is 0. The maximum absolute atomic E-state index is 12.8. The minimum atomic E-state index is -1.22. The molecule has 2 heterocycles. The van der Waals surface area contributed by atoms with Crippen LogP contribution in [-0.2, 0) is 32.0 Å². The lowest BCUT2D eigenvalue weighted by Gasteiger charge is -2.23. The van der Waals surface area contributed by atoms with Gasteiger partial charge in [-0.25, -0.2) is 14.8 Å². The van der Waals surface area contributed by atoms with E-state index in [1.54, 1.807) is 6.20 Å². The molecule has 0 radical (unpaired) electrons. The second kappa shape index (κ2) is 13.3. The van der Waals surface area contributed by atoms with E-state index >= 15 is 0 Å². The minimum absolute atomic E-state index is 0.00491. The Kier molecular flexibility index (Phi) is 10.5. The molecule has 34 heavy (non-hydrogen) atoms. The summed E-state index contributed by atoms with van der Waals surface area (Å²) >= 11 is 1.47. The SMILES string of the molecule is CSCCC(NC(=O)C(C)NC(=O)C(N)Cc1cnc[nH]1)C(=O)NC(Cc1cnc[nH]1)C(=O)O. The molecule has 2 rings (SSSR count). The molecule has 0 aromatic carbocycles. The number of aromatic nitrogens is 4. The molecule has 4 unspecified atom stereocenters. The van der Waals surface area contributed by atoms with Gasteiger partial charge in [-0.1, -0.05) is 0 Å². The van der Waals surface area contributed by atoms with Crippen molar-refractivity contribution in [2.24, 2.45) is 5.73 Å². The molecule has 0 aliphatic heterocycles. The number of aromatic amines is 2. The summed E-state index contributed by atoms with van der Waals surface area (Å²) in [4.78, 5) is 62.8. The highest BCUT2D eigenvalue weighted by Gasteiger charge is 2.29. The monoisotopic (exact) mass is 494 g/mol. The van der Waals surface area contributed by atoms with Crippen LogP contribution in [0.15, 0.2) is 25.0 Å². The molecule has 0 aliphatic rings. The number of carbonyl (C=O) groups excluding carboxylic acids is 3. The molecule has 0 saturated heterocycles. The van der Waals surface area contributed by atoms with E-state index in [1.165, 1.54) is 37.5 Å². The van der Waals surface area contributed by atoms with Crippen molar-refractivity contribution in [3.8, 4) is 0 Å². The van der Waals surface area contributed by atoms with Gasteiger partial charge in [-0.3, -0.25) is 14.4 Å². The Balaban J connectivity index is 1.95. The molecule has 3 amide bonds. The van der Waals surface area contributed by atoms with Crippen molar-refractivity contribution in [3.63, 3.8) is 0 Å².